The summed E-state index contributed by atoms with van der Waals surface area (Å²) in [4.78, 5) is 0. The minimum Gasteiger partial charge on any atom is -0.355 e. The predicted molar refractivity (Wildman–Crippen MR) is 187 cm³/mol. The Bertz CT molecular complexity index is 2400. The van der Waals surface area contributed by atoms with E-state index < -0.39 is 0 Å². The van der Waals surface area contributed by atoms with E-state index in [1.54, 1.807) is 0 Å². The average Bonchev–Trinajstić information content (AvgIpc) is 3.70. The third-order valence-electron chi connectivity index (χ3n) is 9.97. The van der Waals surface area contributed by atoms with Gasteiger partial charge in [0.05, 0.1) is 16.4 Å². The third-order valence-corrected chi connectivity index (χ3v) is 9.97. The molecule has 2 aliphatic rings. The van der Waals surface area contributed by atoms with Gasteiger partial charge in [-0.25, -0.2) is 0 Å². The van der Waals surface area contributed by atoms with Crippen LogP contribution in [-0.2, 0) is 5.41 Å². The highest BCUT2D eigenvalue weighted by Crippen LogP contribution is 2.62. The first-order valence-electron chi connectivity index (χ1n) is 15.6. The van der Waals surface area contributed by atoms with Crippen molar-refractivity contribution in [2.24, 2.45) is 0 Å². The zero-order chi connectivity index (χ0) is 29.5. The molecule has 45 heavy (non-hydrogen) atoms. The molecule has 0 atom stereocenters. The number of rotatable bonds is 3. The summed E-state index contributed by atoms with van der Waals surface area (Å²) < 4.78 is 2.37. The second-order valence-electron chi connectivity index (χ2n) is 12.2. The fourth-order valence-electron chi connectivity index (χ4n) is 8.24. The van der Waals surface area contributed by atoms with E-state index in [4.69, 9.17) is 0 Å². The Labute approximate surface area is 261 Å². The summed E-state index contributed by atoms with van der Waals surface area (Å²) >= 11 is 0. The Morgan fingerprint density at radius 2 is 0.889 bits per heavy atom. The lowest BCUT2D eigenvalue weighted by molar-refractivity contribution is 0.794. The molecule has 0 aliphatic heterocycles. The standard InChI is InChI=1S/C43H28N2/c1-2-12-30(13-3-1)45-41-21-11-7-17-35(41)36-25-23-29(27-42(36)45)44-28-22-24-34-33-16-6-10-20-39(33)43(40(34)26-28)37-18-8-4-14-31(37)32-15-5-9-19-38(32)43/h1-27,44H. The second-order valence-corrected chi connectivity index (χ2v) is 12.2. The van der Waals surface area contributed by atoms with Gasteiger partial charge in [-0.05, 0) is 87.0 Å². The van der Waals surface area contributed by atoms with Crippen LogP contribution in [0.2, 0.25) is 0 Å². The lowest BCUT2D eigenvalue weighted by Gasteiger charge is -2.30. The zero-order valence-corrected chi connectivity index (χ0v) is 24.5. The van der Waals surface area contributed by atoms with Crippen LogP contribution in [0.15, 0.2) is 164 Å². The van der Waals surface area contributed by atoms with Crippen LogP contribution >= 0.6 is 0 Å². The predicted octanol–water partition coefficient (Wildman–Crippen LogP) is 10.9. The summed E-state index contributed by atoms with van der Waals surface area (Å²) in [7, 11) is 0. The quantitative estimate of drug-likeness (QED) is 0.223. The SMILES string of the molecule is c1ccc(-n2c3ccccc3c3ccc(Nc4ccc5c(c4)C4(c6ccccc6-c6ccccc64)c4ccccc4-5)cc32)cc1. The highest BCUT2D eigenvalue weighted by molar-refractivity contribution is 6.10. The molecule has 0 bridgehead atoms. The molecule has 0 radical (unpaired) electrons. The monoisotopic (exact) mass is 572 g/mol. The fraction of sp³-hybridized carbons (Fsp3) is 0.0233. The number of hydrogen-bond donors (Lipinski definition) is 1. The van der Waals surface area contributed by atoms with Gasteiger partial charge in [0.15, 0.2) is 0 Å². The summed E-state index contributed by atoms with van der Waals surface area (Å²) in [5, 5.41) is 6.33. The minimum absolute atomic E-state index is 0.347. The van der Waals surface area contributed by atoms with Crippen molar-refractivity contribution < 1.29 is 0 Å². The van der Waals surface area contributed by atoms with Gasteiger partial charge >= 0.3 is 0 Å². The summed E-state index contributed by atoms with van der Waals surface area (Å²) in [5.41, 5.74) is 16.1. The van der Waals surface area contributed by atoms with Crippen LogP contribution in [0, 0.1) is 0 Å². The van der Waals surface area contributed by atoms with E-state index in [0.29, 0.717) is 0 Å². The highest BCUT2D eigenvalue weighted by Gasteiger charge is 2.51. The van der Waals surface area contributed by atoms with E-state index in [-0.39, 0.29) is 5.41 Å². The molecule has 1 N–H and O–H groups in total. The number of nitrogens with one attached hydrogen (secondary N) is 1. The van der Waals surface area contributed by atoms with Crippen molar-refractivity contribution >= 4 is 33.2 Å². The number of benzene rings is 7. The molecule has 10 rings (SSSR count). The molecule has 0 saturated heterocycles. The van der Waals surface area contributed by atoms with Gasteiger partial charge in [0.2, 0.25) is 0 Å². The molecule has 210 valence electrons. The summed E-state index contributed by atoms with van der Waals surface area (Å²) in [6.07, 6.45) is 0. The van der Waals surface area contributed by atoms with Crippen LogP contribution in [0.4, 0.5) is 11.4 Å². The van der Waals surface area contributed by atoms with E-state index in [1.807, 2.05) is 0 Å². The van der Waals surface area contributed by atoms with Gasteiger partial charge in [-0.3, -0.25) is 0 Å². The molecular formula is C43H28N2. The molecule has 2 heteroatoms. The van der Waals surface area contributed by atoms with Crippen molar-refractivity contribution in [2.45, 2.75) is 5.41 Å². The number of anilines is 2. The molecule has 0 unspecified atom stereocenters. The molecule has 1 spiro atoms. The lowest BCUT2D eigenvalue weighted by atomic mass is 9.70. The van der Waals surface area contributed by atoms with Gasteiger partial charge < -0.3 is 9.88 Å². The van der Waals surface area contributed by atoms with Crippen LogP contribution in [0.1, 0.15) is 22.3 Å². The summed E-state index contributed by atoms with van der Waals surface area (Å²) in [6.45, 7) is 0. The first-order valence-corrected chi connectivity index (χ1v) is 15.6. The Kier molecular flexibility index (Phi) is 4.95. The summed E-state index contributed by atoms with van der Waals surface area (Å²) in [5.74, 6) is 0. The largest absolute Gasteiger partial charge is 0.355 e. The number of nitrogens with zero attached hydrogens (tertiary/aromatic N) is 1. The van der Waals surface area contributed by atoms with Crippen LogP contribution in [0.25, 0.3) is 49.7 Å². The first kappa shape index (κ1) is 24.6. The van der Waals surface area contributed by atoms with E-state index >= 15 is 0 Å². The Hall–Kier alpha value is -5.86. The highest BCUT2D eigenvalue weighted by atomic mass is 15.0. The number of hydrogen-bond acceptors (Lipinski definition) is 1. The number of aromatic nitrogens is 1. The normalized spacial score (nSPS) is 13.5. The van der Waals surface area contributed by atoms with Gasteiger partial charge in [-0.15, -0.1) is 0 Å². The molecule has 8 aromatic rings. The van der Waals surface area contributed by atoms with Gasteiger partial charge in [0, 0.05) is 27.8 Å². The van der Waals surface area contributed by atoms with Crippen molar-refractivity contribution in [3.05, 3.63) is 186 Å². The van der Waals surface area contributed by atoms with Crippen LogP contribution in [0.3, 0.4) is 0 Å². The molecule has 0 fully saturated rings. The minimum atomic E-state index is -0.347. The zero-order valence-electron chi connectivity index (χ0n) is 24.5. The van der Waals surface area contributed by atoms with Gasteiger partial charge in [-0.1, -0.05) is 121 Å². The van der Waals surface area contributed by atoms with Crippen LogP contribution in [0.5, 0.6) is 0 Å². The summed E-state index contributed by atoms with van der Waals surface area (Å²) in [6, 6.07) is 60.0. The molecule has 1 aromatic heterocycles. The van der Waals surface area contributed by atoms with Crippen molar-refractivity contribution in [3.8, 4) is 27.9 Å². The Morgan fingerprint density at radius 1 is 0.378 bits per heavy atom. The maximum Gasteiger partial charge on any atom is 0.0726 e. The van der Waals surface area contributed by atoms with Gasteiger partial charge in [0.25, 0.3) is 0 Å². The molecule has 7 aromatic carbocycles. The average molecular weight is 573 g/mol. The number of para-hydroxylation sites is 2. The molecule has 0 saturated carbocycles. The smallest absolute Gasteiger partial charge is 0.0726 e. The molecular weight excluding hydrogens is 544 g/mol. The van der Waals surface area contributed by atoms with E-state index in [1.165, 1.54) is 66.3 Å². The second kappa shape index (κ2) is 9.07. The van der Waals surface area contributed by atoms with Crippen LogP contribution in [-0.4, -0.2) is 4.57 Å². The van der Waals surface area contributed by atoms with E-state index in [0.717, 1.165) is 17.1 Å². The Balaban J connectivity index is 1.16. The third kappa shape index (κ3) is 3.23. The van der Waals surface area contributed by atoms with E-state index in [9.17, 15) is 0 Å². The van der Waals surface area contributed by atoms with Gasteiger partial charge in [0.1, 0.15) is 0 Å². The maximum absolute atomic E-state index is 3.82. The number of fused-ring (bicyclic) bond motifs is 13. The van der Waals surface area contributed by atoms with Crippen molar-refractivity contribution in [1.29, 1.82) is 0 Å². The molecule has 2 aliphatic carbocycles. The lowest BCUT2D eigenvalue weighted by Crippen LogP contribution is -2.25. The van der Waals surface area contributed by atoms with Crippen molar-refractivity contribution in [2.75, 3.05) is 5.32 Å². The first-order chi connectivity index (χ1) is 22.3. The molecule has 0 amide bonds. The van der Waals surface area contributed by atoms with E-state index in [2.05, 4.69) is 174 Å². The maximum atomic E-state index is 3.82. The van der Waals surface area contributed by atoms with Crippen LogP contribution < -0.4 is 5.32 Å². The Morgan fingerprint density at radius 3 is 1.58 bits per heavy atom. The fourth-order valence-corrected chi connectivity index (χ4v) is 8.24. The molecule has 2 nitrogen and oxygen atoms in total. The van der Waals surface area contributed by atoms with Gasteiger partial charge in [-0.2, -0.15) is 0 Å². The van der Waals surface area contributed by atoms with Crippen molar-refractivity contribution in [3.63, 3.8) is 0 Å². The topological polar surface area (TPSA) is 17.0 Å². The molecule has 1 heterocycles. The van der Waals surface area contributed by atoms with Crippen molar-refractivity contribution in [1.82, 2.24) is 4.57 Å².